The van der Waals surface area contributed by atoms with E-state index in [2.05, 4.69) is 0 Å². The van der Waals surface area contributed by atoms with Crippen molar-refractivity contribution in [3.05, 3.63) is 0 Å². The number of ether oxygens (including phenoxy) is 2. The quantitative estimate of drug-likeness (QED) is 0.527. The molecule has 0 radical (unpaired) electrons. The summed E-state index contributed by atoms with van der Waals surface area (Å²) < 4.78 is 10.3. The molecule has 0 saturated heterocycles. The van der Waals surface area contributed by atoms with Crippen LogP contribution in [0.15, 0.2) is 0 Å². The number of hydrogen-bond donors (Lipinski definition) is 0. The minimum atomic E-state index is -0.739. The van der Waals surface area contributed by atoms with Gasteiger partial charge in [-0.3, -0.25) is 9.59 Å². The lowest BCUT2D eigenvalue weighted by Crippen LogP contribution is -2.31. The van der Waals surface area contributed by atoms with Crippen LogP contribution in [0.25, 0.3) is 0 Å². The summed E-state index contributed by atoms with van der Waals surface area (Å²) in [5, 5.41) is 0. The van der Waals surface area contributed by atoms with Gasteiger partial charge < -0.3 is 9.47 Å². The highest BCUT2D eigenvalue weighted by molar-refractivity contribution is 5.94. The summed E-state index contributed by atoms with van der Waals surface area (Å²) in [7, 11) is 0. The van der Waals surface area contributed by atoms with Gasteiger partial charge in [0.25, 0.3) is 0 Å². The van der Waals surface area contributed by atoms with Crippen LogP contribution in [0.5, 0.6) is 0 Å². The van der Waals surface area contributed by atoms with Crippen LogP contribution in [0.1, 0.15) is 59.3 Å². The topological polar surface area (TPSA) is 52.6 Å². The molecule has 0 amide bonds. The molecule has 1 saturated carbocycles. The molecule has 1 atom stereocenters. The maximum absolute atomic E-state index is 12.0. The molecular weight excluding hydrogens is 244 g/mol. The zero-order valence-electron chi connectivity index (χ0n) is 12.3. The van der Waals surface area contributed by atoms with E-state index in [1.54, 1.807) is 13.8 Å². The minimum absolute atomic E-state index is 0.197. The number of esters is 2. The lowest BCUT2D eigenvalue weighted by Gasteiger charge is -2.19. The van der Waals surface area contributed by atoms with E-state index >= 15 is 0 Å². The zero-order chi connectivity index (χ0) is 14.3. The van der Waals surface area contributed by atoms with Crippen molar-refractivity contribution in [3.63, 3.8) is 0 Å². The van der Waals surface area contributed by atoms with Crippen molar-refractivity contribution in [1.29, 1.82) is 0 Å². The lowest BCUT2D eigenvalue weighted by molar-refractivity contribution is -0.165. The van der Waals surface area contributed by atoms with Gasteiger partial charge in [0.15, 0.2) is 5.92 Å². The predicted molar refractivity (Wildman–Crippen MR) is 72.5 cm³/mol. The molecule has 0 aromatic carbocycles. The molecule has 0 aliphatic heterocycles. The Bertz CT molecular complexity index is 293. The Kier molecular flexibility index (Phi) is 6.89. The molecule has 0 bridgehead atoms. The molecular formula is C15H26O4. The van der Waals surface area contributed by atoms with E-state index in [-0.39, 0.29) is 6.10 Å². The van der Waals surface area contributed by atoms with E-state index in [1.807, 2.05) is 6.92 Å². The standard InChI is InChI=1S/C15H26O4/c1-4-9-18-14(16)13(15(17)19-11(2)3)10-12-7-5-6-8-12/h11-13H,4-10H2,1-3H3. The van der Waals surface area contributed by atoms with Crippen molar-refractivity contribution >= 4 is 11.9 Å². The van der Waals surface area contributed by atoms with Crippen molar-refractivity contribution in [3.8, 4) is 0 Å². The molecule has 1 fully saturated rings. The third kappa shape index (κ3) is 5.62. The molecule has 0 N–H and O–H groups in total. The fraction of sp³-hybridized carbons (Fsp3) is 0.867. The number of carbonyl (C=O) groups excluding carboxylic acids is 2. The second-order valence-electron chi connectivity index (χ2n) is 5.59. The van der Waals surface area contributed by atoms with E-state index < -0.39 is 17.9 Å². The molecule has 0 aromatic rings. The van der Waals surface area contributed by atoms with E-state index in [4.69, 9.17) is 9.47 Å². The number of rotatable bonds is 7. The van der Waals surface area contributed by atoms with Gasteiger partial charge in [-0.1, -0.05) is 32.6 Å². The number of hydrogen-bond acceptors (Lipinski definition) is 4. The molecule has 1 unspecified atom stereocenters. The summed E-state index contributed by atoms with van der Waals surface area (Å²) in [5.74, 6) is -1.13. The highest BCUT2D eigenvalue weighted by atomic mass is 16.6. The first-order chi connectivity index (χ1) is 9.04. The molecule has 0 heterocycles. The molecule has 0 aromatic heterocycles. The summed E-state index contributed by atoms with van der Waals surface area (Å²) >= 11 is 0. The van der Waals surface area contributed by atoms with Crippen LogP contribution >= 0.6 is 0 Å². The summed E-state index contributed by atoms with van der Waals surface area (Å²) in [6, 6.07) is 0. The van der Waals surface area contributed by atoms with Gasteiger partial charge in [0.05, 0.1) is 12.7 Å². The number of carbonyl (C=O) groups is 2. The van der Waals surface area contributed by atoms with E-state index in [0.717, 1.165) is 19.3 Å². The fourth-order valence-electron chi connectivity index (χ4n) is 2.49. The first kappa shape index (κ1) is 16.0. The summed E-state index contributed by atoms with van der Waals surface area (Å²) in [6.07, 6.45) is 5.74. The summed E-state index contributed by atoms with van der Waals surface area (Å²) in [6.45, 7) is 5.89. The van der Waals surface area contributed by atoms with Crippen LogP contribution in [0.3, 0.4) is 0 Å². The van der Waals surface area contributed by atoms with Crippen molar-refractivity contribution in [1.82, 2.24) is 0 Å². The van der Waals surface area contributed by atoms with Gasteiger partial charge >= 0.3 is 11.9 Å². The Labute approximate surface area is 115 Å². The fourth-order valence-corrected chi connectivity index (χ4v) is 2.49. The second kappa shape index (κ2) is 8.18. The molecule has 1 aliphatic carbocycles. The van der Waals surface area contributed by atoms with Crippen molar-refractivity contribution in [2.45, 2.75) is 65.4 Å². The highest BCUT2D eigenvalue weighted by Crippen LogP contribution is 2.31. The minimum Gasteiger partial charge on any atom is -0.465 e. The Hall–Kier alpha value is -1.06. The van der Waals surface area contributed by atoms with Gasteiger partial charge in [-0.25, -0.2) is 0 Å². The SMILES string of the molecule is CCCOC(=O)C(CC1CCCC1)C(=O)OC(C)C. The Morgan fingerprint density at radius 1 is 1.16 bits per heavy atom. The first-order valence-corrected chi connectivity index (χ1v) is 7.41. The third-order valence-electron chi connectivity index (χ3n) is 3.41. The zero-order valence-corrected chi connectivity index (χ0v) is 12.3. The van der Waals surface area contributed by atoms with Gasteiger partial charge in [-0.15, -0.1) is 0 Å². The van der Waals surface area contributed by atoms with Gasteiger partial charge in [-0.2, -0.15) is 0 Å². The predicted octanol–water partition coefficient (Wildman–Crippen LogP) is 3.09. The Morgan fingerprint density at radius 2 is 1.79 bits per heavy atom. The Balaban J connectivity index is 2.59. The third-order valence-corrected chi connectivity index (χ3v) is 3.41. The lowest BCUT2D eigenvalue weighted by atomic mass is 9.93. The second-order valence-corrected chi connectivity index (χ2v) is 5.59. The largest absolute Gasteiger partial charge is 0.465 e. The Morgan fingerprint density at radius 3 is 2.32 bits per heavy atom. The maximum Gasteiger partial charge on any atom is 0.320 e. The molecule has 0 spiro atoms. The van der Waals surface area contributed by atoms with Crippen LogP contribution in [-0.4, -0.2) is 24.6 Å². The highest BCUT2D eigenvalue weighted by Gasteiger charge is 2.33. The van der Waals surface area contributed by atoms with Gasteiger partial charge in [0, 0.05) is 0 Å². The monoisotopic (exact) mass is 270 g/mol. The van der Waals surface area contributed by atoms with E-state index in [9.17, 15) is 9.59 Å². The van der Waals surface area contributed by atoms with Crippen LogP contribution in [0.4, 0.5) is 0 Å². The molecule has 4 heteroatoms. The van der Waals surface area contributed by atoms with Gasteiger partial charge in [0.1, 0.15) is 0 Å². The van der Waals surface area contributed by atoms with E-state index in [0.29, 0.717) is 18.9 Å². The summed E-state index contributed by atoms with van der Waals surface area (Å²) in [4.78, 5) is 24.0. The first-order valence-electron chi connectivity index (χ1n) is 7.41. The van der Waals surface area contributed by atoms with Crippen molar-refractivity contribution in [2.75, 3.05) is 6.61 Å². The molecule has 1 rings (SSSR count). The average molecular weight is 270 g/mol. The van der Waals surface area contributed by atoms with Crippen LogP contribution in [0.2, 0.25) is 0 Å². The molecule has 110 valence electrons. The van der Waals surface area contributed by atoms with Crippen molar-refractivity contribution < 1.29 is 19.1 Å². The van der Waals surface area contributed by atoms with Crippen LogP contribution in [-0.2, 0) is 19.1 Å². The smallest absolute Gasteiger partial charge is 0.320 e. The summed E-state index contributed by atoms with van der Waals surface area (Å²) in [5.41, 5.74) is 0. The van der Waals surface area contributed by atoms with E-state index in [1.165, 1.54) is 12.8 Å². The molecule has 19 heavy (non-hydrogen) atoms. The van der Waals surface area contributed by atoms with Crippen LogP contribution in [0, 0.1) is 11.8 Å². The van der Waals surface area contributed by atoms with Gasteiger partial charge in [0.2, 0.25) is 0 Å². The van der Waals surface area contributed by atoms with Crippen LogP contribution < -0.4 is 0 Å². The molecule has 1 aliphatic rings. The normalized spacial score (nSPS) is 17.5. The van der Waals surface area contributed by atoms with Crippen molar-refractivity contribution in [2.24, 2.45) is 11.8 Å². The molecule has 4 nitrogen and oxygen atoms in total. The average Bonchev–Trinajstić information content (AvgIpc) is 2.84. The maximum atomic E-state index is 12.0. The van der Waals surface area contributed by atoms with Gasteiger partial charge in [-0.05, 0) is 32.6 Å².